The van der Waals surface area contributed by atoms with E-state index < -0.39 is 0 Å². The lowest BCUT2D eigenvalue weighted by Gasteiger charge is -2.26. The average molecular weight is 368 g/mol. The highest BCUT2D eigenvalue weighted by molar-refractivity contribution is 5.93. The Morgan fingerprint density at radius 3 is 2.67 bits per heavy atom. The van der Waals surface area contributed by atoms with Crippen molar-refractivity contribution in [2.75, 3.05) is 32.9 Å². The van der Waals surface area contributed by atoms with Gasteiger partial charge in [0.15, 0.2) is 6.61 Å². The molecule has 8 nitrogen and oxygen atoms in total. The van der Waals surface area contributed by atoms with Crippen LogP contribution >= 0.6 is 0 Å². The predicted octanol–water partition coefficient (Wildman–Crippen LogP) is 1.08. The van der Waals surface area contributed by atoms with Gasteiger partial charge >= 0.3 is 0 Å². The van der Waals surface area contributed by atoms with Crippen molar-refractivity contribution in [1.82, 2.24) is 15.3 Å². The molecule has 0 spiro atoms. The van der Waals surface area contributed by atoms with Gasteiger partial charge in [-0.2, -0.15) is 5.10 Å². The summed E-state index contributed by atoms with van der Waals surface area (Å²) in [5.41, 5.74) is 3.49. The number of benzene rings is 1. The molecule has 1 saturated heterocycles. The van der Waals surface area contributed by atoms with Gasteiger partial charge in [-0.05, 0) is 42.0 Å². The Labute approximate surface area is 156 Å². The molecule has 2 aromatic rings. The summed E-state index contributed by atoms with van der Waals surface area (Å²) >= 11 is 0. The van der Waals surface area contributed by atoms with Crippen LogP contribution in [0.4, 0.5) is 0 Å². The van der Waals surface area contributed by atoms with Gasteiger partial charge in [-0.15, -0.1) is 0 Å². The monoisotopic (exact) mass is 368 g/mol. The van der Waals surface area contributed by atoms with Crippen LogP contribution in [0, 0.1) is 0 Å². The van der Waals surface area contributed by atoms with Gasteiger partial charge in [0.1, 0.15) is 11.4 Å². The minimum atomic E-state index is -0.381. The summed E-state index contributed by atoms with van der Waals surface area (Å²) < 4.78 is 10.7. The van der Waals surface area contributed by atoms with Crippen molar-refractivity contribution in [3.8, 4) is 5.75 Å². The van der Waals surface area contributed by atoms with E-state index in [0.29, 0.717) is 37.7 Å². The van der Waals surface area contributed by atoms with Crippen molar-refractivity contribution >= 4 is 18.0 Å². The number of carbonyl (C=O) groups is 2. The quantitative estimate of drug-likeness (QED) is 0.608. The van der Waals surface area contributed by atoms with Gasteiger partial charge in [0.05, 0.1) is 19.4 Å². The number of hydrazone groups is 1. The van der Waals surface area contributed by atoms with Crippen LogP contribution in [0.5, 0.6) is 5.75 Å². The molecule has 0 unspecified atom stereocenters. The van der Waals surface area contributed by atoms with E-state index in [2.05, 4.69) is 15.5 Å². The second-order valence-electron chi connectivity index (χ2n) is 5.76. The van der Waals surface area contributed by atoms with Crippen LogP contribution in [0.2, 0.25) is 0 Å². The number of morpholine rings is 1. The number of nitrogens with zero attached hydrogens (tertiary/aromatic N) is 3. The third kappa shape index (κ3) is 5.61. The number of hydrogen-bond acceptors (Lipinski definition) is 6. The number of hydrogen-bond donors (Lipinski definition) is 1. The number of pyridine rings is 1. The Balaban J connectivity index is 1.45. The van der Waals surface area contributed by atoms with Crippen LogP contribution in [-0.4, -0.2) is 60.8 Å². The van der Waals surface area contributed by atoms with Crippen LogP contribution in [0.15, 0.2) is 53.8 Å². The van der Waals surface area contributed by atoms with Gasteiger partial charge in [-0.3, -0.25) is 14.6 Å². The smallest absolute Gasteiger partial charge is 0.289 e. The zero-order valence-corrected chi connectivity index (χ0v) is 14.7. The first-order chi connectivity index (χ1) is 13.2. The van der Waals surface area contributed by atoms with Crippen molar-refractivity contribution < 1.29 is 19.1 Å². The van der Waals surface area contributed by atoms with E-state index in [4.69, 9.17) is 9.47 Å². The van der Waals surface area contributed by atoms with E-state index in [1.54, 1.807) is 53.6 Å². The van der Waals surface area contributed by atoms with Crippen LogP contribution in [-0.2, 0) is 9.53 Å². The number of carbonyl (C=O) groups excluding carboxylic acids is 2. The summed E-state index contributed by atoms with van der Waals surface area (Å²) in [7, 11) is 0. The van der Waals surface area contributed by atoms with Crippen molar-refractivity contribution in [2.45, 2.75) is 0 Å². The molecular formula is C19H20N4O4. The molecule has 0 aliphatic carbocycles. The van der Waals surface area contributed by atoms with Gasteiger partial charge in [0, 0.05) is 19.3 Å². The lowest BCUT2D eigenvalue weighted by atomic mass is 10.2. The first-order valence-electron chi connectivity index (χ1n) is 8.55. The molecule has 0 atom stereocenters. The molecule has 3 rings (SSSR count). The Hall–Kier alpha value is -3.26. The molecule has 1 fully saturated rings. The second-order valence-corrected chi connectivity index (χ2v) is 5.76. The lowest BCUT2D eigenvalue weighted by molar-refractivity contribution is -0.137. The Morgan fingerprint density at radius 2 is 1.96 bits per heavy atom. The fourth-order valence-corrected chi connectivity index (χ4v) is 2.42. The topological polar surface area (TPSA) is 93.1 Å². The maximum atomic E-state index is 12.0. The summed E-state index contributed by atoms with van der Waals surface area (Å²) in [5, 5.41) is 3.90. The van der Waals surface area contributed by atoms with Crippen LogP contribution in [0.1, 0.15) is 16.1 Å². The number of amides is 2. The second kappa shape index (κ2) is 9.44. The summed E-state index contributed by atoms with van der Waals surface area (Å²) in [6, 6.07) is 12.1. The van der Waals surface area contributed by atoms with Crippen molar-refractivity contribution in [2.24, 2.45) is 5.10 Å². The molecule has 1 aromatic carbocycles. The maximum Gasteiger partial charge on any atom is 0.289 e. The van der Waals surface area contributed by atoms with Gasteiger partial charge in [0.2, 0.25) is 0 Å². The number of rotatable bonds is 6. The average Bonchev–Trinajstić information content (AvgIpc) is 2.74. The molecular weight excluding hydrogens is 348 g/mol. The van der Waals surface area contributed by atoms with Gasteiger partial charge in [0.25, 0.3) is 11.8 Å². The molecule has 1 N–H and O–H groups in total. The van der Waals surface area contributed by atoms with Crippen molar-refractivity contribution in [3.05, 3.63) is 59.9 Å². The van der Waals surface area contributed by atoms with Crippen LogP contribution in [0.25, 0.3) is 0 Å². The largest absolute Gasteiger partial charge is 0.484 e. The molecule has 2 heterocycles. The maximum absolute atomic E-state index is 12.0. The minimum absolute atomic E-state index is 0.00638. The predicted molar refractivity (Wildman–Crippen MR) is 98.6 cm³/mol. The highest BCUT2D eigenvalue weighted by Gasteiger charge is 2.17. The molecule has 0 bridgehead atoms. The lowest BCUT2D eigenvalue weighted by Crippen LogP contribution is -2.42. The van der Waals surface area contributed by atoms with E-state index >= 15 is 0 Å². The molecule has 1 aromatic heterocycles. The molecule has 1 aliphatic heterocycles. The first kappa shape index (κ1) is 18.5. The molecule has 8 heteroatoms. The van der Waals surface area contributed by atoms with Gasteiger partial charge < -0.3 is 14.4 Å². The van der Waals surface area contributed by atoms with Gasteiger partial charge in [-0.25, -0.2) is 5.43 Å². The van der Waals surface area contributed by atoms with E-state index in [1.807, 2.05) is 0 Å². The molecule has 27 heavy (non-hydrogen) atoms. The van der Waals surface area contributed by atoms with E-state index in [0.717, 1.165) is 5.56 Å². The zero-order valence-electron chi connectivity index (χ0n) is 14.7. The fraction of sp³-hybridized carbons (Fsp3) is 0.263. The van der Waals surface area contributed by atoms with E-state index in [9.17, 15) is 9.59 Å². The summed E-state index contributed by atoms with van der Waals surface area (Å²) in [6.07, 6.45) is 3.06. The van der Waals surface area contributed by atoms with Crippen LogP contribution in [0.3, 0.4) is 0 Å². The number of aromatic nitrogens is 1. The molecule has 140 valence electrons. The number of ether oxygens (including phenoxy) is 2. The summed E-state index contributed by atoms with van der Waals surface area (Å²) in [4.78, 5) is 29.5. The molecule has 2 amide bonds. The summed E-state index contributed by atoms with van der Waals surface area (Å²) in [6.45, 7) is 2.32. The van der Waals surface area contributed by atoms with E-state index in [-0.39, 0.29) is 18.4 Å². The van der Waals surface area contributed by atoms with E-state index in [1.165, 1.54) is 6.21 Å². The molecule has 1 aliphatic rings. The van der Waals surface area contributed by atoms with Crippen molar-refractivity contribution in [3.63, 3.8) is 0 Å². The first-order valence-corrected chi connectivity index (χ1v) is 8.55. The van der Waals surface area contributed by atoms with Crippen LogP contribution < -0.4 is 10.2 Å². The normalized spacial score (nSPS) is 14.1. The zero-order chi connectivity index (χ0) is 18.9. The highest BCUT2D eigenvalue weighted by atomic mass is 16.5. The minimum Gasteiger partial charge on any atom is -0.484 e. The molecule has 0 saturated carbocycles. The summed E-state index contributed by atoms with van der Waals surface area (Å²) in [5.74, 6) is 0.154. The Bertz CT molecular complexity index is 787. The van der Waals surface area contributed by atoms with Crippen molar-refractivity contribution in [1.29, 1.82) is 0 Å². The Kier molecular flexibility index (Phi) is 6.48. The Morgan fingerprint density at radius 1 is 1.19 bits per heavy atom. The highest BCUT2D eigenvalue weighted by Crippen LogP contribution is 2.11. The van der Waals surface area contributed by atoms with Gasteiger partial charge in [-0.1, -0.05) is 6.07 Å². The fourth-order valence-electron chi connectivity index (χ4n) is 2.42. The third-order valence-corrected chi connectivity index (χ3v) is 3.88. The SMILES string of the molecule is O=C(N/N=C/c1ccc(OCC(=O)N2CCOCC2)cc1)c1ccccn1. The third-order valence-electron chi connectivity index (χ3n) is 3.88. The molecule has 0 radical (unpaired) electrons. The number of nitrogens with one attached hydrogen (secondary N) is 1. The standard InChI is InChI=1S/C19H20N4O4/c24-18(23-9-11-26-12-10-23)14-27-16-6-4-15(5-7-16)13-21-22-19(25)17-3-1-2-8-20-17/h1-8,13H,9-12,14H2,(H,22,25)/b21-13+.